The molecular weight excluding hydrogens is 926 g/mol. The van der Waals surface area contributed by atoms with Gasteiger partial charge in [-0.2, -0.15) is 5.26 Å². The summed E-state index contributed by atoms with van der Waals surface area (Å²) in [5, 5.41) is 29.4. The van der Waals surface area contributed by atoms with Crippen LogP contribution in [0.15, 0.2) is 70.5 Å². The molecule has 1 aliphatic carbocycles. The molecule has 20 nitrogen and oxygen atoms in total. The van der Waals surface area contributed by atoms with E-state index in [0.29, 0.717) is 73.6 Å². The zero-order chi connectivity index (χ0) is 47.7. The first kappa shape index (κ1) is 49.4. The summed E-state index contributed by atoms with van der Waals surface area (Å²) in [6.07, 6.45) is 2.22. The Morgan fingerprint density at radius 2 is 1.43 bits per heavy atom. The lowest BCUT2D eigenvalue weighted by Gasteiger charge is -2.36. The van der Waals surface area contributed by atoms with Crippen molar-refractivity contribution >= 4 is 55.5 Å². The minimum Gasteiger partial charge on any atom is -0.484 e. The van der Waals surface area contributed by atoms with Gasteiger partial charge in [0.2, 0.25) is 31.9 Å². The van der Waals surface area contributed by atoms with Crippen molar-refractivity contribution in [1.29, 1.82) is 5.26 Å². The van der Waals surface area contributed by atoms with E-state index in [9.17, 15) is 41.3 Å². The fraction of sp³-hybridized carbons (Fsp3) is 0.477. The molecule has 4 aliphatic rings. The lowest BCUT2D eigenvalue weighted by Crippen LogP contribution is -2.50. The average molecular weight is 983 g/mol. The maximum Gasteiger partial charge on any atom is 0.315 e. The van der Waals surface area contributed by atoms with Crippen LogP contribution >= 0.6 is 11.6 Å². The number of sulfonamides is 2. The molecule has 3 aromatic carbocycles. The van der Waals surface area contributed by atoms with E-state index in [-0.39, 0.29) is 66.3 Å². The van der Waals surface area contributed by atoms with Crippen LogP contribution in [0.25, 0.3) is 0 Å². The van der Waals surface area contributed by atoms with Gasteiger partial charge in [-0.25, -0.2) is 36.3 Å². The predicted octanol–water partition coefficient (Wildman–Crippen LogP) is 1.08. The second kappa shape index (κ2) is 22.0. The molecule has 4 atom stereocenters. The van der Waals surface area contributed by atoms with Crippen molar-refractivity contribution in [3.8, 4) is 11.8 Å². The highest BCUT2D eigenvalue weighted by atomic mass is 35.5. The van der Waals surface area contributed by atoms with Gasteiger partial charge in [0.05, 0.1) is 40.6 Å². The van der Waals surface area contributed by atoms with E-state index < -0.39 is 44.3 Å². The Morgan fingerprint density at radius 1 is 0.806 bits per heavy atom. The SMILES string of the molecule is N#Cc1cc(Cl)cc2c1C[C@H](N1CCNCC1)[C@H]2Oc1ccc(S(=O)(=O)N[C@H]2CCN(C(=O)CNC(=O)NCCCCNC(=O)NCC(=O)N3CC[C@@H](c4ccccc4S(N)(=O)=O)C3)C2)cc1. The molecule has 0 spiro atoms. The number of piperazine rings is 1. The fourth-order valence-corrected chi connectivity index (χ4v) is 11.4. The van der Waals surface area contributed by atoms with Crippen LogP contribution < -0.4 is 41.2 Å². The number of nitrogens with zero attached hydrogens (tertiary/aromatic N) is 4. The third-order valence-corrected chi connectivity index (χ3v) is 15.2. The number of urea groups is 2. The molecule has 3 heterocycles. The van der Waals surface area contributed by atoms with Crippen LogP contribution in [0.2, 0.25) is 5.02 Å². The standard InChI is InChI=1S/C44H56ClN11O9S2/c45-31-21-30(24-46)36-23-38(54-19-15-48-16-20-54)42(37(36)22-31)65-33-7-9-34(10-8-33)67(63,64)53-32-12-18-56(28-32)41(58)26-52-44(60)50-14-4-3-13-49-43(59)51-25-40(57)55-17-11-29(27-55)35-5-1-2-6-39(35)66(47,61)62/h1-2,5-10,21-22,29,32,38,42,48,53H,3-4,11-20,23,25-28H2,(H2,47,61,62)(H2,49,51,59)(H2,50,52,60)/t29-,32+,38+,42+/m1/s1. The monoisotopic (exact) mass is 981 g/mol. The number of nitriles is 1. The van der Waals surface area contributed by atoms with Gasteiger partial charge in [-0.1, -0.05) is 29.8 Å². The summed E-state index contributed by atoms with van der Waals surface area (Å²) in [6.45, 7) is 4.54. The van der Waals surface area contributed by atoms with E-state index in [1.54, 1.807) is 41.3 Å². The van der Waals surface area contributed by atoms with Gasteiger partial charge in [0.25, 0.3) is 0 Å². The first-order valence-electron chi connectivity index (χ1n) is 22.3. The first-order chi connectivity index (χ1) is 32.1. The second-order valence-corrected chi connectivity index (χ2v) is 20.7. The lowest BCUT2D eigenvalue weighted by atomic mass is 9.98. The van der Waals surface area contributed by atoms with E-state index in [4.69, 9.17) is 21.5 Å². The summed E-state index contributed by atoms with van der Waals surface area (Å²) in [5.41, 5.74) is 2.85. The average Bonchev–Trinajstić information content (AvgIpc) is 4.08. The molecule has 6 amide bonds. The Labute approximate surface area is 395 Å². The summed E-state index contributed by atoms with van der Waals surface area (Å²) in [5.74, 6) is -0.382. The number of halogens is 1. The van der Waals surface area contributed by atoms with Crippen LogP contribution in [0.3, 0.4) is 0 Å². The molecule has 67 heavy (non-hydrogen) atoms. The molecule has 0 bridgehead atoms. The van der Waals surface area contributed by atoms with Crippen molar-refractivity contribution in [3.05, 3.63) is 87.9 Å². The van der Waals surface area contributed by atoms with Crippen molar-refractivity contribution in [2.45, 2.75) is 66.0 Å². The van der Waals surface area contributed by atoms with Crippen LogP contribution in [0.5, 0.6) is 5.75 Å². The Balaban J connectivity index is 0.766. The molecule has 0 saturated carbocycles. The summed E-state index contributed by atoms with van der Waals surface area (Å²) < 4.78 is 60.1. The molecule has 0 radical (unpaired) electrons. The molecule has 23 heteroatoms. The van der Waals surface area contributed by atoms with Crippen LogP contribution in [0, 0.1) is 11.3 Å². The summed E-state index contributed by atoms with van der Waals surface area (Å²) in [7, 11) is -7.86. The van der Waals surface area contributed by atoms with E-state index in [2.05, 4.69) is 42.3 Å². The van der Waals surface area contributed by atoms with E-state index in [1.165, 1.54) is 23.1 Å². The lowest BCUT2D eigenvalue weighted by molar-refractivity contribution is -0.129. The van der Waals surface area contributed by atoms with Crippen molar-refractivity contribution < 1.29 is 40.8 Å². The second-order valence-electron chi connectivity index (χ2n) is 17.0. The number of carbonyl (C=O) groups is 4. The molecule has 8 N–H and O–H groups in total. The molecule has 3 fully saturated rings. The number of hydrogen-bond donors (Lipinski definition) is 7. The van der Waals surface area contributed by atoms with Gasteiger partial charge in [-0.3, -0.25) is 14.5 Å². The number of benzene rings is 3. The minimum atomic E-state index is -3.95. The quantitative estimate of drug-likeness (QED) is 0.0937. The number of ether oxygens (including phenoxy) is 1. The van der Waals surface area contributed by atoms with Gasteiger partial charge in [-0.15, -0.1) is 0 Å². The summed E-state index contributed by atoms with van der Waals surface area (Å²) in [4.78, 5) is 55.8. The van der Waals surface area contributed by atoms with Crippen molar-refractivity contribution in [1.82, 2.24) is 46.0 Å². The number of hydrogen-bond acceptors (Lipinski definition) is 12. The molecular formula is C44H56ClN11O9S2. The van der Waals surface area contributed by atoms with Crippen LogP contribution in [0.4, 0.5) is 9.59 Å². The number of nitrogens with one attached hydrogen (secondary N) is 6. The van der Waals surface area contributed by atoms with Gasteiger partial charge < -0.3 is 41.1 Å². The normalized spacial score (nSPS) is 20.7. The number of amides is 6. The Bertz CT molecular complexity index is 2580. The molecule has 0 aromatic heterocycles. The molecule has 0 unspecified atom stereocenters. The number of likely N-dealkylation sites (tertiary alicyclic amines) is 2. The molecule has 360 valence electrons. The van der Waals surface area contributed by atoms with Crippen LogP contribution in [-0.4, -0.2) is 146 Å². The van der Waals surface area contributed by atoms with E-state index in [1.807, 2.05) is 6.07 Å². The minimum absolute atomic E-state index is 0.0291. The summed E-state index contributed by atoms with van der Waals surface area (Å²) >= 11 is 6.41. The highest BCUT2D eigenvalue weighted by Crippen LogP contribution is 2.41. The zero-order valence-corrected chi connectivity index (χ0v) is 39.2. The number of nitrogens with two attached hydrogens (primary N) is 1. The van der Waals surface area contributed by atoms with E-state index >= 15 is 0 Å². The Hall–Kier alpha value is -5.54. The van der Waals surface area contributed by atoms with Gasteiger partial charge in [0.1, 0.15) is 11.9 Å². The molecule has 7 rings (SSSR count). The Morgan fingerprint density at radius 3 is 2.07 bits per heavy atom. The maximum atomic E-state index is 13.4. The van der Waals surface area contributed by atoms with Crippen molar-refractivity contribution in [3.63, 3.8) is 0 Å². The number of fused-ring (bicyclic) bond motifs is 1. The number of carbonyl (C=O) groups excluding carboxylic acids is 4. The van der Waals surface area contributed by atoms with Crippen molar-refractivity contribution in [2.75, 3.05) is 78.5 Å². The van der Waals surface area contributed by atoms with Crippen LogP contribution in [0.1, 0.15) is 60.0 Å². The topological polar surface area (TPSA) is 278 Å². The smallest absolute Gasteiger partial charge is 0.315 e. The molecule has 3 aromatic rings. The highest BCUT2D eigenvalue weighted by molar-refractivity contribution is 7.89. The largest absolute Gasteiger partial charge is 0.484 e. The molecule has 3 saturated heterocycles. The first-order valence-corrected chi connectivity index (χ1v) is 25.7. The zero-order valence-electron chi connectivity index (χ0n) is 36.8. The third-order valence-electron chi connectivity index (χ3n) is 12.5. The fourth-order valence-electron chi connectivity index (χ4n) is 9.09. The predicted molar refractivity (Wildman–Crippen MR) is 247 cm³/mol. The van der Waals surface area contributed by atoms with Gasteiger partial charge >= 0.3 is 12.1 Å². The van der Waals surface area contributed by atoms with Gasteiger partial charge in [0.15, 0.2) is 0 Å². The third kappa shape index (κ3) is 12.7. The van der Waals surface area contributed by atoms with Crippen molar-refractivity contribution in [2.24, 2.45) is 5.14 Å². The van der Waals surface area contributed by atoms with Gasteiger partial charge in [0, 0.05) is 82.4 Å². The van der Waals surface area contributed by atoms with Gasteiger partial charge in [-0.05, 0) is 91.3 Å². The van der Waals surface area contributed by atoms with E-state index in [0.717, 1.165) is 37.3 Å². The maximum absolute atomic E-state index is 13.4. The van der Waals surface area contributed by atoms with Crippen LogP contribution in [-0.2, 0) is 36.1 Å². The Kier molecular flexibility index (Phi) is 16.2. The number of rotatable bonds is 17. The summed E-state index contributed by atoms with van der Waals surface area (Å²) in [6, 6.07) is 16.8. The highest BCUT2D eigenvalue weighted by Gasteiger charge is 2.40. The molecule has 3 aliphatic heterocycles. The number of unbranched alkanes of at least 4 members (excludes halogenated alkanes) is 1. The number of primary sulfonamides is 1.